The fourth-order valence-corrected chi connectivity index (χ4v) is 3.42. The molecule has 1 aromatic rings. The summed E-state index contributed by atoms with van der Waals surface area (Å²) in [6.07, 6.45) is 0. The molecule has 0 fully saturated rings. The molecule has 0 N–H and O–H groups in total. The molecule has 0 radical (unpaired) electrons. The van der Waals surface area contributed by atoms with E-state index in [9.17, 15) is 4.57 Å². The van der Waals surface area contributed by atoms with Gasteiger partial charge in [-0.15, -0.1) is 11.6 Å². The van der Waals surface area contributed by atoms with Crippen molar-refractivity contribution in [2.75, 3.05) is 34.2 Å². The molecule has 0 aromatic heterocycles. The molecule has 7 nitrogen and oxygen atoms in total. The number of methoxy groups -OCH3 is 2. The second-order valence-electron chi connectivity index (χ2n) is 6.68. The number of alkyl halides is 1. The van der Waals surface area contributed by atoms with Crippen LogP contribution in [0.2, 0.25) is 0 Å². The van der Waals surface area contributed by atoms with E-state index in [-0.39, 0.29) is 31.8 Å². The SMILES string of the molecule is COc1cc(CCl)cc(OC)c1OCOP(=O)(OCC(C)C)OCC(C)C. The quantitative estimate of drug-likeness (QED) is 0.243. The first-order valence-electron chi connectivity index (χ1n) is 8.72. The summed E-state index contributed by atoms with van der Waals surface area (Å²) in [6.45, 7) is 7.89. The molecule has 0 saturated heterocycles. The molecule has 0 aliphatic rings. The van der Waals surface area contributed by atoms with Crippen molar-refractivity contribution in [3.05, 3.63) is 17.7 Å². The number of ether oxygens (including phenoxy) is 3. The lowest BCUT2D eigenvalue weighted by Gasteiger charge is -2.21. The normalized spacial score (nSPS) is 11.9. The highest BCUT2D eigenvalue weighted by Crippen LogP contribution is 2.50. The first-order valence-corrected chi connectivity index (χ1v) is 10.7. The van der Waals surface area contributed by atoms with Crippen LogP contribution in [0.3, 0.4) is 0 Å². The minimum absolute atomic E-state index is 0.175. The molecule has 1 aromatic carbocycles. The number of halogens is 1. The molecule has 0 spiro atoms. The highest BCUT2D eigenvalue weighted by molar-refractivity contribution is 7.48. The van der Waals surface area contributed by atoms with Crippen LogP contribution in [0.4, 0.5) is 0 Å². The summed E-state index contributed by atoms with van der Waals surface area (Å²) < 4.78 is 45.1. The first kappa shape index (κ1) is 24.1. The molecular formula is C18H30ClO7P. The lowest BCUT2D eigenvalue weighted by atomic mass is 10.2. The molecule has 0 unspecified atom stereocenters. The zero-order valence-corrected chi connectivity index (χ0v) is 18.5. The lowest BCUT2D eigenvalue weighted by molar-refractivity contribution is 0.0397. The minimum atomic E-state index is -3.75. The van der Waals surface area contributed by atoms with Gasteiger partial charge in [-0.05, 0) is 29.5 Å². The second kappa shape index (κ2) is 11.8. The van der Waals surface area contributed by atoms with Crippen LogP contribution < -0.4 is 14.2 Å². The second-order valence-corrected chi connectivity index (χ2v) is 8.62. The van der Waals surface area contributed by atoms with Crippen LogP contribution in [0.15, 0.2) is 12.1 Å². The van der Waals surface area contributed by atoms with Crippen LogP contribution in [-0.4, -0.2) is 34.2 Å². The minimum Gasteiger partial charge on any atom is -0.493 e. The summed E-state index contributed by atoms with van der Waals surface area (Å²) in [5.41, 5.74) is 0.810. The highest BCUT2D eigenvalue weighted by atomic mass is 35.5. The van der Waals surface area contributed by atoms with E-state index >= 15 is 0 Å². The predicted octanol–water partition coefficient (Wildman–Crippen LogP) is 5.25. The third-order valence-corrected chi connectivity index (χ3v) is 4.88. The fourth-order valence-electron chi connectivity index (χ4n) is 1.90. The maximum absolute atomic E-state index is 12.8. The number of benzene rings is 1. The molecule has 0 bridgehead atoms. The van der Waals surface area contributed by atoms with Gasteiger partial charge in [0.25, 0.3) is 0 Å². The van der Waals surface area contributed by atoms with Crippen LogP contribution in [0.25, 0.3) is 0 Å². The average molecular weight is 425 g/mol. The third kappa shape index (κ3) is 8.28. The summed E-state index contributed by atoms with van der Waals surface area (Å²) in [4.78, 5) is 0. The van der Waals surface area contributed by atoms with E-state index in [4.69, 9.17) is 39.4 Å². The van der Waals surface area contributed by atoms with Gasteiger partial charge in [0.1, 0.15) is 0 Å². The Morgan fingerprint density at radius 1 is 0.926 bits per heavy atom. The molecule has 0 aliphatic heterocycles. The number of hydrogen-bond donors (Lipinski definition) is 0. The molecule has 0 aliphatic carbocycles. The summed E-state index contributed by atoms with van der Waals surface area (Å²) in [7, 11) is -0.749. The standard InChI is InChI=1S/C18H30ClO7P/c1-13(2)10-24-27(20,25-11-14(3)4)26-12-23-18-16(21-5)7-15(9-19)8-17(18)22-6/h7-8,13-14H,9-12H2,1-6H3. The van der Waals surface area contributed by atoms with Gasteiger partial charge >= 0.3 is 7.82 Å². The predicted molar refractivity (Wildman–Crippen MR) is 105 cm³/mol. The van der Waals surface area contributed by atoms with Crippen molar-refractivity contribution in [1.29, 1.82) is 0 Å². The zero-order chi connectivity index (χ0) is 20.4. The van der Waals surface area contributed by atoms with Crippen molar-refractivity contribution in [1.82, 2.24) is 0 Å². The van der Waals surface area contributed by atoms with Crippen molar-refractivity contribution < 1.29 is 32.3 Å². The van der Waals surface area contributed by atoms with Gasteiger partial charge in [-0.25, -0.2) is 9.09 Å². The van der Waals surface area contributed by atoms with Crippen molar-refractivity contribution in [2.45, 2.75) is 33.6 Å². The van der Waals surface area contributed by atoms with Crippen molar-refractivity contribution in [2.24, 2.45) is 11.8 Å². The number of rotatable bonds is 13. The van der Waals surface area contributed by atoms with E-state index in [1.807, 2.05) is 27.7 Å². The Kier molecular flexibility index (Phi) is 10.5. The van der Waals surface area contributed by atoms with Crippen LogP contribution >= 0.6 is 19.4 Å². The van der Waals surface area contributed by atoms with Gasteiger partial charge in [0.05, 0.1) is 27.4 Å². The van der Waals surface area contributed by atoms with Gasteiger partial charge in [-0.2, -0.15) is 0 Å². The number of hydrogen-bond acceptors (Lipinski definition) is 7. The van der Waals surface area contributed by atoms with E-state index in [1.165, 1.54) is 14.2 Å². The highest BCUT2D eigenvalue weighted by Gasteiger charge is 2.28. The largest absolute Gasteiger partial charge is 0.493 e. The maximum Gasteiger partial charge on any atom is 0.477 e. The third-order valence-electron chi connectivity index (χ3n) is 3.22. The Hall–Kier alpha value is -0.980. The molecule has 156 valence electrons. The van der Waals surface area contributed by atoms with E-state index < -0.39 is 7.82 Å². The van der Waals surface area contributed by atoms with Crippen molar-refractivity contribution >= 4 is 19.4 Å². The van der Waals surface area contributed by atoms with E-state index in [0.29, 0.717) is 23.1 Å². The Morgan fingerprint density at radius 2 is 1.41 bits per heavy atom. The smallest absolute Gasteiger partial charge is 0.477 e. The number of phosphoric acid groups is 1. The topological polar surface area (TPSA) is 72.5 Å². The van der Waals surface area contributed by atoms with E-state index in [1.54, 1.807) is 12.1 Å². The van der Waals surface area contributed by atoms with Gasteiger partial charge in [-0.3, -0.25) is 9.05 Å². The summed E-state index contributed by atoms with van der Waals surface area (Å²) >= 11 is 5.88. The molecule has 1 rings (SSSR count). The maximum atomic E-state index is 12.8. The molecule has 0 saturated carbocycles. The Morgan fingerprint density at radius 3 is 1.78 bits per heavy atom. The number of phosphoric ester groups is 1. The van der Waals surface area contributed by atoms with Crippen molar-refractivity contribution in [3.8, 4) is 17.2 Å². The Balaban J connectivity index is 2.86. The van der Waals surface area contributed by atoms with Gasteiger partial charge < -0.3 is 14.2 Å². The van der Waals surface area contributed by atoms with Gasteiger partial charge in [-0.1, -0.05) is 27.7 Å². The molecule has 27 heavy (non-hydrogen) atoms. The molecule has 0 atom stereocenters. The molecular weight excluding hydrogens is 395 g/mol. The van der Waals surface area contributed by atoms with Crippen LogP contribution in [0.5, 0.6) is 17.2 Å². The molecule has 0 heterocycles. The summed E-state index contributed by atoms with van der Waals surface area (Å²) in [5, 5.41) is 0. The summed E-state index contributed by atoms with van der Waals surface area (Å²) in [6, 6.07) is 3.46. The zero-order valence-electron chi connectivity index (χ0n) is 16.8. The van der Waals surface area contributed by atoms with Crippen LogP contribution in [-0.2, 0) is 24.0 Å². The summed E-state index contributed by atoms with van der Waals surface area (Å²) in [5.74, 6) is 1.81. The Bertz CT molecular complexity index is 581. The molecule has 0 amide bonds. The van der Waals surface area contributed by atoms with E-state index in [0.717, 1.165) is 5.56 Å². The van der Waals surface area contributed by atoms with Crippen molar-refractivity contribution in [3.63, 3.8) is 0 Å². The molecule has 9 heteroatoms. The van der Waals surface area contributed by atoms with Gasteiger partial charge in [0.15, 0.2) is 11.5 Å². The van der Waals surface area contributed by atoms with Crippen LogP contribution in [0, 0.1) is 11.8 Å². The fraction of sp³-hybridized carbons (Fsp3) is 0.667. The van der Waals surface area contributed by atoms with Crippen LogP contribution in [0.1, 0.15) is 33.3 Å². The van der Waals surface area contributed by atoms with Gasteiger partial charge in [0.2, 0.25) is 12.5 Å². The van der Waals surface area contributed by atoms with Gasteiger partial charge in [0, 0.05) is 5.88 Å². The Labute approximate surface area is 166 Å². The average Bonchev–Trinajstić information content (AvgIpc) is 2.64. The monoisotopic (exact) mass is 424 g/mol. The lowest BCUT2D eigenvalue weighted by Crippen LogP contribution is -2.11. The first-order chi connectivity index (χ1) is 12.7. The van der Waals surface area contributed by atoms with E-state index in [2.05, 4.69) is 0 Å².